The number of rotatable bonds is 0. The monoisotopic (exact) mass is 169 g/mol. The third-order valence-corrected chi connectivity index (χ3v) is 3.33. The van der Waals surface area contributed by atoms with Gasteiger partial charge in [-0.05, 0) is 17.8 Å². The van der Waals surface area contributed by atoms with Crippen LogP contribution in [0.3, 0.4) is 0 Å². The van der Waals surface area contributed by atoms with E-state index in [2.05, 4.69) is 26.1 Å². The average molecular weight is 169 g/mol. The van der Waals surface area contributed by atoms with Crippen LogP contribution in [0, 0.1) is 11.3 Å². The Morgan fingerprint density at radius 2 is 2.00 bits per heavy atom. The Balaban J connectivity index is 1.98. The predicted molar refractivity (Wildman–Crippen MR) is 49.1 cm³/mol. The van der Waals surface area contributed by atoms with Gasteiger partial charge in [0, 0.05) is 13.1 Å². The molecule has 2 nitrogen and oxygen atoms in total. The highest BCUT2D eigenvalue weighted by atomic mass is 16.5. The number of hydrogen-bond donors (Lipinski definition) is 1. The minimum atomic E-state index is 0.234. The van der Waals surface area contributed by atoms with Crippen molar-refractivity contribution >= 4 is 0 Å². The molecule has 1 atom stereocenters. The first-order valence-electron chi connectivity index (χ1n) is 4.87. The molecule has 2 rings (SSSR count). The van der Waals surface area contributed by atoms with Crippen molar-refractivity contribution in [2.24, 2.45) is 11.3 Å². The summed E-state index contributed by atoms with van der Waals surface area (Å²) in [4.78, 5) is 0. The van der Waals surface area contributed by atoms with Crippen LogP contribution in [0.15, 0.2) is 0 Å². The largest absolute Gasteiger partial charge is 0.372 e. The van der Waals surface area contributed by atoms with Crippen LogP contribution < -0.4 is 5.32 Å². The van der Waals surface area contributed by atoms with Gasteiger partial charge in [0.1, 0.15) is 0 Å². The van der Waals surface area contributed by atoms with Gasteiger partial charge in [0.05, 0.1) is 12.2 Å². The van der Waals surface area contributed by atoms with Gasteiger partial charge in [-0.15, -0.1) is 0 Å². The second-order valence-electron chi connectivity index (χ2n) is 5.36. The maximum Gasteiger partial charge on any atom is 0.0933 e. The highest BCUT2D eigenvalue weighted by Crippen LogP contribution is 2.41. The SMILES string of the molecule is CC(C)(C)C1COC2(CNC2)C1. The van der Waals surface area contributed by atoms with Crippen molar-refractivity contribution in [2.75, 3.05) is 19.7 Å². The van der Waals surface area contributed by atoms with Crippen molar-refractivity contribution in [3.63, 3.8) is 0 Å². The average Bonchev–Trinajstić information content (AvgIpc) is 2.26. The summed E-state index contributed by atoms with van der Waals surface area (Å²) < 4.78 is 5.85. The van der Waals surface area contributed by atoms with Crippen molar-refractivity contribution in [1.29, 1.82) is 0 Å². The van der Waals surface area contributed by atoms with Crippen molar-refractivity contribution in [3.05, 3.63) is 0 Å². The van der Waals surface area contributed by atoms with Gasteiger partial charge in [-0.1, -0.05) is 20.8 Å². The van der Waals surface area contributed by atoms with Crippen LogP contribution in [0.5, 0.6) is 0 Å². The number of hydrogen-bond acceptors (Lipinski definition) is 2. The Bertz CT molecular complexity index is 179. The topological polar surface area (TPSA) is 21.3 Å². The Morgan fingerprint density at radius 1 is 1.33 bits per heavy atom. The molecule has 12 heavy (non-hydrogen) atoms. The molecule has 0 radical (unpaired) electrons. The molecule has 0 aromatic carbocycles. The second-order valence-corrected chi connectivity index (χ2v) is 5.36. The molecule has 2 aliphatic heterocycles. The van der Waals surface area contributed by atoms with Gasteiger partial charge in [-0.3, -0.25) is 0 Å². The molecule has 2 heterocycles. The predicted octanol–water partition coefficient (Wildman–Crippen LogP) is 1.41. The minimum Gasteiger partial charge on any atom is -0.372 e. The fraction of sp³-hybridized carbons (Fsp3) is 1.00. The Labute approximate surface area is 74.7 Å². The third-order valence-electron chi connectivity index (χ3n) is 3.33. The second kappa shape index (κ2) is 2.46. The van der Waals surface area contributed by atoms with E-state index in [1.807, 2.05) is 0 Å². The summed E-state index contributed by atoms with van der Waals surface area (Å²) in [7, 11) is 0. The maximum absolute atomic E-state index is 5.85. The van der Waals surface area contributed by atoms with Crippen LogP contribution in [-0.2, 0) is 4.74 Å². The smallest absolute Gasteiger partial charge is 0.0933 e. The first-order chi connectivity index (χ1) is 5.52. The van der Waals surface area contributed by atoms with Crippen LogP contribution in [-0.4, -0.2) is 25.3 Å². The molecule has 1 spiro atoms. The number of nitrogens with one attached hydrogen (secondary N) is 1. The fourth-order valence-electron chi connectivity index (χ4n) is 2.05. The van der Waals surface area contributed by atoms with Crippen LogP contribution in [0.1, 0.15) is 27.2 Å². The van der Waals surface area contributed by atoms with Crippen molar-refractivity contribution in [3.8, 4) is 0 Å². The van der Waals surface area contributed by atoms with E-state index in [-0.39, 0.29) is 5.60 Å². The molecule has 0 aliphatic carbocycles. The van der Waals surface area contributed by atoms with Gasteiger partial charge in [0.2, 0.25) is 0 Å². The molecule has 1 N–H and O–H groups in total. The molecule has 0 bridgehead atoms. The molecule has 70 valence electrons. The highest BCUT2D eigenvalue weighted by Gasteiger charge is 2.47. The quantitative estimate of drug-likeness (QED) is 0.592. The van der Waals surface area contributed by atoms with Gasteiger partial charge in [-0.2, -0.15) is 0 Å². The highest BCUT2D eigenvalue weighted by molar-refractivity contribution is 5.01. The van der Waals surface area contributed by atoms with E-state index in [9.17, 15) is 0 Å². The summed E-state index contributed by atoms with van der Waals surface area (Å²) in [5, 5.41) is 3.29. The molecule has 0 aromatic rings. The van der Waals surface area contributed by atoms with Crippen LogP contribution >= 0.6 is 0 Å². The molecule has 2 heteroatoms. The minimum absolute atomic E-state index is 0.234. The maximum atomic E-state index is 5.85. The lowest BCUT2D eigenvalue weighted by Gasteiger charge is -2.39. The van der Waals surface area contributed by atoms with E-state index in [0.717, 1.165) is 25.6 Å². The Morgan fingerprint density at radius 3 is 2.25 bits per heavy atom. The van der Waals surface area contributed by atoms with Gasteiger partial charge in [-0.25, -0.2) is 0 Å². The Kier molecular flexibility index (Phi) is 1.74. The zero-order valence-corrected chi connectivity index (χ0v) is 8.31. The molecule has 1 unspecified atom stereocenters. The summed E-state index contributed by atoms with van der Waals surface area (Å²) in [6, 6.07) is 0. The molecule has 2 aliphatic rings. The van der Waals surface area contributed by atoms with E-state index >= 15 is 0 Å². The Hall–Kier alpha value is -0.0800. The lowest BCUT2D eigenvalue weighted by atomic mass is 9.76. The molecule has 0 saturated carbocycles. The van der Waals surface area contributed by atoms with Crippen molar-refractivity contribution < 1.29 is 4.74 Å². The summed E-state index contributed by atoms with van der Waals surface area (Å²) >= 11 is 0. The van der Waals surface area contributed by atoms with Gasteiger partial charge >= 0.3 is 0 Å². The molecule has 2 fully saturated rings. The van der Waals surface area contributed by atoms with Crippen LogP contribution in [0.4, 0.5) is 0 Å². The summed E-state index contributed by atoms with van der Waals surface area (Å²) in [6.07, 6.45) is 1.25. The van der Waals surface area contributed by atoms with E-state index in [0.29, 0.717) is 5.41 Å². The van der Waals surface area contributed by atoms with E-state index in [1.54, 1.807) is 0 Å². The molecule has 0 aromatic heterocycles. The normalized spacial score (nSPS) is 33.8. The van der Waals surface area contributed by atoms with E-state index in [4.69, 9.17) is 4.74 Å². The van der Waals surface area contributed by atoms with Crippen molar-refractivity contribution in [1.82, 2.24) is 5.32 Å². The first-order valence-corrected chi connectivity index (χ1v) is 4.87. The lowest BCUT2D eigenvalue weighted by molar-refractivity contribution is -0.0367. The number of ether oxygens (including phenoxy) is 1. The van der Waals surface area contributed by atoms with Gasteiger partial charge < -0.3 is 10.1 Å². The van der Waals surface area contributed by atoms with Crippen LogP contribution in [0.2, 0.25) is 0 Å². The van der Waals surface area contributed by atoms with Gasteiger partial charge in [0.15, 0.2) is 0 Å². The third kappa shape index (κ3) is 1.27. The standard InChI is InChI=1S/C10H19NO/c1-9(2,3)8-4-10(12-5-8)6-11-7-10/h8,11H,4-7H2,1-3H3. The summed E-state index contributed by atoms with van der Waals surface area (Å²) in [5.41, 5.74) is 0.650. The first kappa shape index (κ1) is 8.52. The zero-order valence-electron chi connectivity index (χ0n) is 8.31. The molecular formula is C10H19NO. The van der Waals surface area contributed by atoms with E-state index in [1.165, 1.54) is 6.42 Å². The molecular weight excluding hydrogens is 150 g/mol. The van der Waals surface area contributed by atoms with Crippen LogP contribution in [0.25, 0.3) is 0 Å². The van der Waals surface area contributed by atoms with E-state index < -0.39 is 0 Å². The fourth-order valence-corrected chi connectivity index (χ4v) is 2.05. The summed E-state index contributed by atoms with van der Waals surface area (Å²) in [5.74, 6) is 0.750. The summed E-state index contributed by atoms with van der Waals surface area (Å²) in [6.45, 7) is 10.0. The molecule has 2 saturated heterocycles. The van der Waals surface area contributed by atoms with Crippen molar-refractivity contribution in [2.45, 2.75) is 32.8 Å². The van der Waals surface area contributed by atoms with Gasteiger partial charge in [0.25, 0.3) is 0 Å². The zero-order chi connectivity index (χ0) is 8.82. The molecule has 0 amide bonds. The lowest BCUT2D eigenvalue weighted by Crippen LogP contribution is -2.59.